The Morgan fingerprint density at radius 2 is 1.50 bits per heavy atom. The van der Waals surface area contributed by atoms with E-state index in [1.165, 1.54) is 26.5 Å². The van der Waals surface area contributed by atoms with Crippen LogP contribution in [0.3, 0.4) is 0 Å². The molecule has 7 nitrogen and oxygen atoms in total. The molecular weight excluding hydrogens is 647 g/mol. The van der Waals surface area contributed by atoms with Gasteiger partial charge in [0.05, 0.1) is 0 Å². The van der Waals surface area contributed by atoms with Crippen LogP contribution in [-0.2, 0) is 10.0 Å². The normalized spacial score (nSPS) is 11.5. The molecule has 5 rings (SSSR count). The molecular formula is C25H17N3O4PoS. The molecule has 0 aliphatic rings. The summed E-state index contributed by atoms with van der Waals surface area (Å²) in [4.78, 5) is 15.1. The number of hydrogen-bond acceptors (Lipinski definition) is 5. The fourth-order valence-electron chi connectivity index (χ4n) is 3.69. The second-order valence-electron chi connectivity index (χ2n) is 7.40. The van der Waals surface area contributed by atoms with Crippen molar-refractivity contribution in [2.24, 2.45) is 0 Å². The number of nitro groups is 1. The maximum atomic E-state index is 14.0. The topological polar surface area (TPSA) is 93.4 Å². The SMILES string of the molecule is O=[N+]([O-])c1ccc(S(=O)(=O)[N]([Po][c]2ccccc2)c2cccc3ccc4cccnc4c23)cc1. The number of sulfonamides is 1. The van der Waals surface area contributed by atoms with Crippen molar-refractivity contribution >= 4 is 70.2 Å². The fourth-order valence-corrected chi connectivity index (χ4v) is 10.6. The van der Waals surface area contributed by atoms with Gasteiger partial charge in [-0.15, -0.1) is 0 Å². The molecule has 0 saturated carbocycles. The zero-order chi connectivity index (χ0) is 23.7. The van der Waals surface area contributed by atoms with E-state index < -0.39 is 38.8 Å². The van der Waals surface area contributed by atoms with E-state index in [4.69, 9.17) is 0 Å². The summed E-state index contributed by atoms with van der Waals surface area (Å²) in [6.07, 6.45) is 1.70. The van der Waals surface area contributed by atoms with Crippen molar-refractivity contribution in [2.75, 3.05) is 2.20 Å². The minimum atomic E-state index is -4.00. The van der Waals surface area contributed by atoms with E-state index in [9.17, 15) is 18.5 Å². The summed E-state index contributed by atoms with van der Waals surface area (Å²) in [6, 6.07) is 27.9. The van der Waals surface area contributed by atoms with Crippen molar-refractivity contribution < 1.29 is 13.3 Å². The molecule has 0 aliphatic heterocycles. The first kappa shape index (κ1) is 22.4. The monoisotopic (exact) mass is 664 g/mol. The van der Waals surface area contributed by atoms with Gasteiger partial charge in [0.1, 0.15) is 0 Å². The number of nitro benzene ring substituents is 1. The number of anilines is 1. The van der Waals surface area contributed by atoms with E-state index in [0.29, 0.717) is 5.69 Å². The molecule has 9 heteroatoms. The standard InChI is InChI=1S/C19H12N3O4S.C6H5.Po/c23-22(24)15-8-10-16(11-9-15)27(25,26)21-17-5-1-3-13-6-7-14-4-2-12-20-19(14)18(13)17;1-2-4-6-5-3-1;/h1-12H;1-5H;/q-1;;+1. The van der Waals surface area contributed by atoms with Crippen molar-refractivity contribution in [1.82, 2.24) is 4.98 Å². The van der Waals surface area contributed by atoms with Gasteiger partial charge in [-0.2, -0.15) is 0 Å². The van der Waals surface area contributed by atoms with E-state index in [-0.39, 0.29) is 10.6 Å². The van der Waals surface area contributed by atoms with Crippen LogP contribution < -0.4 is 5.43 Å². The number of rotatable bonds is 6. The van der Waals surface area contributed by atoms with Gasteiger partial charge in [-0.25, -0.2) is 0 Å². The Morgan fingerprint density at radius 1 is 0.794 bits per heavy atom. The third-order valence-corrected chi connectivity index (χ3v) is 13.0. The molecule has 5 aromatic rings. The zero-order valence-corrected chi connectivity index (χ0v) is 21.6. The van der Waals surface area contributed by atoms with Gasteiger partial charge >= 0.3 is 209 Å². The number of nitrogens with zero attached hydrogens (tertiary/aromatic N) is 3. The quantitative estimate of drug-likeness (QED) is 0.152. The Balaban J connectivity index is 1.75. The molecule has 0 amide bonds. The molecule has 1 heterocycles. The van der Waals surface area contributed by atoms with Crippen LogP contribution in [0.1, 0.15) is 0 Å². The third kappa shape index (κ3) is 4.13. The number of pyridine rings is 1. The van der Waals surface area contributed by atoms with E-state index in [1.807, 2.05) is 72.8 Å². The zero-order valence-electron chi connectivity index (χ0n) is 17.6. The van der Waals surface area contributed by atoms with Crippen molar-refractivity contribution in [1.29, 1.82) is 0 Å². The molecule has 168 valence electrons. The number of hydrogen-bond donors (Lipinski definition) is 0. The van der Waals surface area contributed by atoms with Crippen LogP contribution in [0.15, 0.2) is 108 Å². The first-order valence-electron chi connectivity index (χ1n) is 10.2. The van der Waals surface area contributed by atoms with Crippen LogP contribution >= 0.6 is 0 Å². The summed E-state index contributed by atoms with van der Waals surface area (Å²) in [5.74, 6) is 0. The Hall–Kier alpha value is -3.40. The maximum absolute atomic E-state index is 14.0. The van der Waals surface area contributed by atoms with Crippen molar-refractivity contribution in [3.8, 4) is 0 Å². The second kappa shape index (κ2) is 9.09. The number of non-ortho nitro benzene ring substituents is 1. The first-order valence-corrected chi connectivity index (χ1v) is 14.7. The summed E-state index contributed by atoms with van der Waals surface area (Å²) in [5.41, 5.74) is 1.13. The minimum absolute atomic E-state index is 0.0132. The van der Waals surface area contributed by atoms with E-state index in [2.05, 4.69) is 4.98 Å². The average Bonchev–Trinajstić information content (AvgIpc) is 2.87. The van der Waals surface area contributed by atoms with Crippen molar-refractivity contribution in [3.63, 3.8) is 0 Å². The van der Waals surface area contributed by atoms with Gasteiger partial charge in [0.25, 0.3) is 0 Å². The summed E-state index contributed by atoms with van der Waals surface area (Å²) in [5, 5.41) is 13.6. The molecule has 0 fully saturated rings. The van der Waals surface area contributed by atoms with Crippen molar-refractivity contribution in [3.05, 3.63) is 113 Å². The molecule has 0 saturated heterocycles. The predicted molar refractivity (Wildman–Crippen MR) is 134 cm³/mol. The Labute approximate surface area is 208 Å². The molecule has 4 aromatic carbocycles. The second-order valence-corrected chi connectivity index (χ2v) is 14.1. The van der Waals surface area contributed by atoms with Crippen LogP contribution in [0.5, 0.6) is 0 Å². The molecule has 0 spiro atoms. The summed E-state index contributed by atoms with van der Waals surface area (Å²) >= 11 is -1.86. The summed E-state index contributed by atoms with van der Waals surface area (Å²) < 4.78 is 30.4. The molecule has 0 unspecified atom stereocenters. The van der Waals surface area contributed by atoms with Crippen molar-refractivity contribution in [2.45, 2.75) is 4.90 Å². The Kier molecular flexibility index (Phi) is 5.99. The molecule has 0 bridgehead atoms. The molecule has 34 heavy (non-hydrogen) atoms. The van der Waals surface area contributed by atoms with E-state index in [0.717, 1.165) is 24.9 Å². The van der Waals surface area contributed by atoms with E-state index >= 15 is 0 Å². The molecule has 1 aromatic heterocycles. The first-order chi connectivity index (χ1) is 16.4. The van der Waals surface area contributed by atoms with Crippen LogP contribution in [0.4, 0.5) is 11.4 Å². The average molecular weight is 664 g/mol. The molecule has 0 radical (unpaired) electrons. The number of fused-ring (bicyclic) bond motifs is 3. The molecule has 0 atom stereocenters. The van der Waals surface area contributed by atoms with Gasteiger partial charge in [-0.05, 0) is 0 Å². The van der Waals surface area contributed by atoms with Gasteiger partial charge in [-0.1, -0.05) is 0 Å². The predicted octanol–water partition coefficient (Wildman–Crippen LogP) is 4.44. The van der Waals surface area contributed by atoms with Gasteiger partial charge in [0.2, 0.25) is 0 Å². The summed E-state index contributed by atoms with van der Waals surface area (Å²) in [6.45, 7) is 0. The van der Waals surface area contributed by atoms with Crippen LogP contribution in [0, 0.1) is 10.1 Å². The van der Waals surface area contributed by atoms with Gasteiger partial charge in [0.15, 0.2) is 0 Å². The Morgan fingerprint density at radius 3 is 2.24 bits per heavy atom. The van der Waals surface area contributed by atoms with Gasteiger partial charge < -0.3 is 0 Å². The van der Waals surface area contributed by atoms with Gasteiger partial charge in [0, 0.05) is 0 Å². The van der Waals surface area contributed by atoms with Gasteiger partial charge in [-0.3, -0.25) is 0 Å². The summed E-state index contributed by atoms with van der Waals surface area (Å²) in [7, 11) is -4.00. The van der Waals surface area contributed by atoms with Crippen LogP contribution in [-0.4, -0.2) is 42.2 Å². The Bertz CT molecular complexity index is 1630. The molecule has 0 N–H and O–H groups in total. The third-order valence-electron chi connectivity index (χ3n) is 5.28. The van der Waals surface area contributed by atoms with Crippen LogP contribution in [0.25, 0.3) is 21.7 Å². The fraction of sp³-hybridized carbons (Fsp3) is 0. The van der Waals surface area contributed by atoms with Crippen LogP contribution in [0.2, 0.25) is 0 Å². The number of aromatic nitrogens is 1. The molecule has 0 aliphatic carbocycles. The number of benzene rings is 4. The van der Waals surface area contributed by atoms with E-state index in [1.54, 1.807) is 6.20 Å².